The molecule has 1 saturated heterocycles. The van der Waals surface area contributed by atoms with E-state index in [1.165, 1.54) is 12.1 Å². The standard InChI is InChI=1S/C17H22BFN2O3/c1-17(2,3)24-16(22)21-5-4-20-8-11-6-14(19)13(18)7-15(11)23-10-12(20)9-21/h6-7,12H,4-5,8-10H2,1-3H3. The molecule has 1 atom stereocenters. The largest absolute Gasteiger partial charge is 0.492 e. The van der Waals surface area contributed by atoms with Gasteiger partial charge >= 0.3 is 6.09 Å². The summed E-state index contributed by atoms with van der Waals surface area (Å²) in [4.78, 5) is 16.2. The lowest BCUT2D eigenvalue weighted by Crippen LogP contribution is -2.56. The van der Waals surface area contributed by atoms with Crippen LogP contribution in [0.1, 0.15) is 26.3 Å². The average Bonchev–Trinajstić information content (AvgIpc) is 2.65. The molecule has 0 bridgehead atoms. The number of ether oxygens (including phenoxy) is 2. The summed E-state index contributed by atoms with van der Waals surface area (Å²) in [6, 6.07) is 3.02. The van der Waals surface area contributed by atoms with Gasteiger partial charge in [-0.1, -0.05) is 5.46 Å². The molecular formula is C17H22BFN2O3. The van der Waals surface area contributed by atoms with Gasteiger partial charge in [0, 0.05) is 31.7 Å². The zero-order chi connectivity index (χ0) is 17.5. The van der Waals surface area contributed by atoms with Crippen LogP contribution in [0.5, 0.6) is 5.75 Å². The molecule has 24 heavy (non-hydrogen) atoms. The molecule has 2 heterocycles. The van der Waals surface area contributed by atoms with Gasteiger partial charge in [-0.15, -0.1) is 0 Å². The number of nitrogens with zero attached hydrogens (tertiary/aromatic N) is 2. The number of hydrogen-bond acceptors (Lipinski definition) is 4. The van der Waals surface area contributed by atoms with E-state index in [4.69, 9.17) is 17.3 Å². The van der Waals surface area contributed by atoms with Crippen molar-refractivity contribution in [3.05, 3.63) is 23.5 Å². The summed E-state index contributed by atoms with van der Waals surface area (Å²) >= 11 is 0. The smallest absolute Gasteiger partial charge is 0.410 e. The summed E-state index contributed by atoms with van der Waals surface area (Å²) in [6.45, 7) is 8.37. The maximum absolute atomic E-state index is 13.7. The van der Waals surface area contributed by atoms with Gasteiger partial charge < -0.3 is 14.4 Å². The van der Waals surface area contributed by atoms with E-state index >= 15 is 0 Å². The fourth-order valence-corrected chi connectivity index (χ4v) is 3.02. The fourth-order valence-electron chi connectivity index (χ4n) is 3.02. The van der Waals surface area contributed by atoms with Crippen molar-refractivity contribution >= 4 is 19.4 Å². The predicted molar refractivity (Wildman–Crippen MR) is 89.3 cm³/mol. The van der Waals surface area contributed by atoms with Crippen molar-refractivity contribution in [2.75, 3.05) is 26.2 Å². The summed E-state index contributed by atoms with van der Waals surface area (Å²) in [7, 11) is 5.62. The first-order valence-corrected chi connectivity index (χ1v) is 8.15. The quantitative estimate of drug-likeness (QED) is 0.674. The monoisotopic (exact) mass is 332 g/mol. The van der Waals surface area contributed by atoms with Crippen molar-refractivity contribution in [2.24, 2.45) is 0 Å². The Morgan fingerprint density at radius 2 is 2.12 bits per heavy atom. The van der Waals surface area contributed by atoms with E-state index < -0.39 is 11.4 Å². The normalized spacial score (nSPS) is 21.3. The van der Waals surface area contributed by atoms with E-state index in [2.05, 4.69) is 4.90 Å². The number of fused-ring (bicyclic) bond motifs is 2. The van der Waals surface area contributed by atoms with Crippen molar-refractivity contribution in [2.45, 2.75) is 39.0 Å². The Hall–Kier alpha value is -1.76. The van der Waals surface area contributed by atoms with Crippen LogP contribution in [0.3, 0.4) is 0 Å². The summed E-state index contributed by atoms with van der Waals surface area (Å²) in [6.07, 6.45) is -0.306. The molecule has 3 rings (SSSR count). The third-order valence-electron chi connectivity index (χ3n) is 4.24. The first-order valence-electron chi connectivity index (χ1n) is 8.15. The third-order valence-corrected chi connectivity index (χ3v) is 4.24. The van der Waals surface area contributed by atoms with Crippen molar-refractivity contribution in [3.63, 3.8) is 0 Å². The maximum atomic E-state index is 13.7. The highest BCUT2D eigenvalue weighted by molar-refractivity contribution is 6.32. The average molecular weight is 332 g/mol. The Bertz CT molecular complexity index is 647. The first-order chi connectivity index (χ1) is 11.2. The number of carbonyl (C=O) groups excluding carboxylic acids is 1. The second-order valence-electron chi connectivity index (χ2n) is 7.34. The molecule has 0 spiro atoms. The summed E-state index contributed by atoms with van der Waals surface area (Å²) in [5.41, 5.74) is 0.360. The van der Waals surface area contributed by atoms with Gasteiger partial charge in [0.05, 0.1) is 6.04 Å². The Morgan fingerprint density at radius 1 is 1.38 bits per heavy atom. The van der Waals surface area contributed by atoms with E-state index in [1.807, 2.05) is 20.8 Å². The zero-order valence-corrected chi connectivity index (χ0v) is 14.3. The summed E-state index contributed by atoms with van der Waals surface area (Å²) < 4.78 is 25.0. The van der Waals surface area contributed by atoms with Gasteiger partial charge in [0.1, 0.15) is 31.6 Å². The van der Waals surface area contributed by atoms with Gasteiger partial charge in [-0.2, -0.15) is 0 Å². The van der Waals surface area contributed by atoms with Crippen LogP contribution in [0.4, 0.5) is 9.18 Å². The second-order valence-corrected chi connectivity index (χ2v) is 7.34. The molecule has 5 nitrogen and oxygen atoms in total. The molecule has 0 N–H and O–H groups in total. The van der Waals surface area contributed by atoms with Gasteiger partial charge in [-0.25, -0.2) is 9.18 Å². The number of amides is 1. The Kier molecular flexibility index (Phi) is 4.47. The predicted octanol–water partition coefficient (Wildman–Crippen LogP) is 1.43. The molecule has 0 aromatic heterocycles. The number of hydrogen-bond donors (Lipinski definition) is 0. The van der Waals surface area contributed by atoms with Crippen molar-refractivity contribution in [3.8, 4) is 5.75 Å². The number of rotatable bonds is 0. The van der Waals surface area contributed by atoms with Crippen LogP contribution in [-0.4, -0.2) is 61.6 Å². The highest BCUT2D eigenvalue weighted by Gasteiger charge is 2.34. The topological polar surface area (TPSA) is 42.0 Å². The first kappa shape index (κ1) is 17.1. The van der Waals surface area contributed by atoms with E-state index in [0.29, 0.717) is 38.5 Å². The van der Waals surface area contributed by atoms with Crippen LogP contribution in [-0.2, 0) is 11.3 Å². The lowest BCUT2D eigenvalue weighted by atomic mass is 9.93. The molecule has 0 saturated carbocycles. The number of piperazine rings is 1. The molecule has 1 unspecified atom stereocenters. The lowest BCUT2D eigenvalue weighted by molar-refractivity contribution is -0.00154. The highest BCUT2D eigenvalue weighted by atomic mass is 19.1. The van der Waals surface area contributed by atoms with Crippen molar-refractivity contribution in [1.29, 1.82) is 0 Å². The van der Waals surface area contributed by atoms with Crippen molar-refractivity contribution < 1.29 is 18.7 Å². The van der Waals surface area contributed by atoms with E-state index in [9.17, 15) is 9.18 Å². The highest BCUT2D eigenvalue weighted by Crippen LogP contribution is 2.27. The van der Waals surface area contributed by atoms with Crippen LogP contribution in [0.2, 0.25) is 0 Å². The molecule has 128 valence electrons. The minimum Gasteiger partial charge on any atom is -0.492 e. The van der Waals surface area contributed by atoms with Crippen LogP contribution in [0.15, 0.2) is 12.1 Å². The molecule has 1 amide bonds. The fraction of sp³-hybridized carbons (Fsp3) is 0.588. The molecular weight excluding hydrogens is 310 g/mol. The van der Waals surface area contributed by atoms with Gasteiger partial charge in [0.2, 0.25) is 0 Å². The van der Waals surface area contributed by atoms with Gasteiger partial charge in [-0.3, -0.25) is 4.90 Å². The number of benzene rings is 1. The van der Waals surface area contributed by atoms with E-state index in [0.717, 1.165) is 5.56 Å². The molecule has 0 aliphatic carbocycles. The van der Waals surface area contributed by atoms with Gasteiger partial charge in [0.25, 0.3) is 0 Å². The molecule has 2 aliphatic rings. The Balaban J connectivity index is 1.71. The van der Waals surface area contributed by atoms with Crippen molar-refractivity contribution in [1.82, 2.24) is 9.80 Å². The number of carbonyl (C=O) groups is 1. The minimum atomic E-state index is -0.514. The third kappa shape index (κ3) is 3.66. The molecule has 1 aromatic carbocycles. The Labute approximate surface area is 143 Å². The molecule has 2 aliphatic heterocycles. The molecule has 1 aromatic rings. The van der Waals surface area contributed by atoms with E-state index in [-0.39, 0.29) is 17.6 Å². The molecule has 7 heteroatoms. The minimum absolute atomic E-state index is 0.0444. The van der Waals surface area contributed by atoms with Crippen LogP contribution >= 0.6 is 0 Å². The van der Waals surface area contributed by atoms with Crippen LogP contribution in [0.25, 0.3) is 0 Å². The van der Waals surface area contributed by atoms with Crippen LogP contribution in [0, 0.1) is 5.82 Å². The Morgan fingerprint density at radius 3 is 2.83 bits per heavy atom. The van der Waals surface area contributed by atoms with Gasteiger partial charge in [-0.05, 0) is 32.9 Å². The van der Waals surface area contributed by atoms with Crippen LogP contribution < -0.4 is 10.2 Å². The molecule has 2 radical (unpaired) electrons. The molecule has 1 fully saturated rings. The SMILES string of the molecule is [B]c1cc2c(cc1F)CN1CCN(C(=O)OC(C)(C)C)CC1CO2. The zero-order valence-electron chi connectivity index (χ0n) is 14.3. The van der Waals surface area contributed by atoms with Gasteiger partial charge in [0.15, 0.2) is 0 Å². The lowest BCUT2D eigenvalue weighted by Gasteiger charge is -2.40. The summed E-state index contributed by atoms with van der Waals surface area (Å²) in [5, 5.41) is 0. The van der Waals surface area contributed by atoms with E-state index in [1.54, 1.807) is 4.90 Å². The number of halogens is 1. The maximum Gasteiger partial charge on any atom is 0.410 e. The second kappa shape index (κ2) is 6.28. The summed E-state index contributed by atoms with van der Waals surface area (Å²) in [5.74, 6) is 0.190.